The highest BCUT2D eigenvalue weighted by atomic mass is 32.3. The third kappa shape index (κ3) is 6.44. The van der Waals surface area contributed by atoms with Crippen molar-refractivity contribution in [1.29, 1.82) is 0 Å². The van der Waals surface area contributed by atoms with E-state index in [9.17, 15) is 13.0 Å². The van der Waals surface area contributed by atoms with Crippen molar-refractivity contribution >= 4 is 27.4 Å². The summed E-state index contributed by atoms with van der Waals surface area (Å²) in [5, 5.41) is 0. The van der Waals surface area contributed by atoms with Gasteiger partial charge < -0.3 is 18.4 Å². The topological polar surface area (TPSA) is 81.9 Å². The predicted octanol–water partition coefficient (Wildman–Crippen LogP) is 4.80. The van der Waals surface area contributed by atoms with Gasteiger partial charge in [0.15, 0.2) is 17.2 Å². The Hall–Kier alpha value is -3.36. The molecule has 1 aliphatic rings. The van der Waals surface area contributed by atoms with Crippen molar-refractivity contribution in [2.24, 2.45) is 0 Å². The molecule has 2 aromatic carbocycles. The molecule has 0 saturated carbocycles. The summed E-state index contributed by atoms with van der Waals surface area (Å²) in [6.07, 6.45) is 8.26. The molecule has 192 valence electrons. The maximum atomic E-state index is 11.4. The summed E-state index contributed by atoms with van der Waals surface area (Å²) in [6.45, 7) is 12.1. The summed E-state index contributed by atoms with van der Waals surface area (Å²) in [6, 6.07) is 13.2. The van der Waals surface area contributed by atoms with Gasteiger partial charge in [0.05, 0.1) is 7.11 Å². The third-order valence-corrected chi connectivity index (χ3v) is 6.60. The zero-order chi connectivity index (χ0) is 26.3. The van der Waals surface area contributed by atoms with E-state index in [4.69, 9.17) is 8.92 Å². The van der Waals surface area contributed by atoms with Crippen molar-refractivity contribution in [3.63, 3.8) is 0 Å². The zero-order valence-corrected chi connectivity index (χ0v) is 22.3. The minimum Gasteiger partial charge on any atom is -0.716 e. The number of allylic oxidation sites excluding steroid dienone is 5. The van der Waals surface area contributed by atoms with Crippen molar-refractivity contribution in [1.82, 2.24) is 0 Å². The number of methoxy groups -OCH3 is 1. The molecule has 8 heteroatoms. The highest BCUT2D eigenvalue weighted by molar-refractivity contribution is 7.81. The second-order valence-electron chi connectivity index (χ2n) is 8.17. The van der Waals surface area contributed by atoms with Gasteiger partial charge in [-0.15, -0.1) is 0 Å². The Bertz CT molecular complexity index is 1280. The first kappa shape index (κ1) is 27.2. The molecule has 0 radical (unpaired) electrons. The molecule has 0 fully saturated rings. The molecular formula is C28H34N2O5S. The van der Waals surface area contributed by atoms with Gasteiger partial charge in [-0.25, -0.2) is 13.0 Å². The lowest BCUT2D eigenvalue weighted by Gasteiger charge is -2.22. The fourth-order valence-electron chi connectivity index (χ4n) is 4.36. The quantitative estimate of drug-likeness (QED) is 0.259. The average molecular weight is 511 g/mol. The van der Waals surface area contributed by atoms with Crippen molar-refractivity contribution in [3.8, 4) is 11.5 Å². The smallest absolute Gasteiger partial charge is 0.262 e. The van der Waals surface area contributed by atoms with Gasteiger partial charge in [0.2, 0.25) is 0 Å². The highest BCUT2D eigenvalue weighted by Crippen LogP contribution is 2.36. The first-order valence-electron chi connectivity index (χ1n) is 12.2. The predicted molar refractivity (Wildman–Crippen MR) is 144 cm³/mol. The maximum Gasteiger partial charge on any atom is 0.262 e. The molecule has 0 unspecified atom stereocenters. The van der Waals surface area contributed by atoms with Gasteiger partial charge in [-0.05, 0) is 86.4 Å². The molecule has 2 aromatic rings. The van der Waals surface area contributed by atoms with Gasteiger partial charge in [0.25, 0.3) is 10.4 Å². The molecular weight excluding hydrogens is 476 g/mol. The van der Waals surface area contributed by atoms with Gasteiger partial charge in [-0.3, -0.25) is 0 Å². The zero-order valence-electron chi connectivity index (χ0n) is 21.5. The molecule has 0 heterocycles. The number of hydrogen-bond donors (Lipinski definition) is 0. The van der Waals surface area contributed by atoms with E-state index in [0.717, 1.165) is 54.3 Å². The summed E-state index contributed by atoms with van der Waals surface area (Å²) in [4.78, 5) is 2.26. The molecule has 0 amide bonds. The monoisotopic (exact) mass is 510 g/mol. The fourth-order valence-corrected chi connectivity index (χ4v) is 4.71. The Kier molecular flexibility index (Phi) is 9.12. The molecule has 3 rings (SSSR count). The van der Waals surface area contributed by atoms with Gasteiger partial charge in [-0.2, -0.15) is 0 Å². The van der Waals surface area contributed by atoms with Crippen LogP contribution in [0.4, 0.5) is 5.69 Å². The fraction of sp³-hybridized carbons (Fsp3) is 0.321. The molecule has 0 bridgehead atoms. The molecule has 36 heavy (non-hydrogen) atoms. The molecule has 0 N–H and O–H groups in total. The molecule has 0 aliphatic heterocycles. The van der Waals surface area contributed by atoms with E-state index in [2.05, 4.69) is 85.7 Å². The van der Waals surface area contributed by atoms with Crippen LogP contribution in [0.15, 0.2) is 72.3 Å². The van der Waals surface area contributed by atoms with Crippen LogP contribution in [0.25, 0.3) is 5.57 Å². The summed E-state index contributed by atoms with van der Waals surface area (Å²) < 4.78 is 46.3. The second kappa shape index (κ2) is 12.1. The minimum atomic E-state index is -4.97. The minimum absolute atomic E-state index is 0.151. The van der Waals surface area contributed by atoms with Crippen LogP contribution in [-0.2, 0) is 10.4 Å². The molecule has 0 saturated heterocycles. The Balaban J connectivity index is 2.20. The maximum absolute atomic E-state index is 11.4. The lowest BCUT2D eigenvalue weighted by atomic mass is 9.90. The van der Waals surface area contributed by atoms with Crippen LogP contribution in [0.2, 0.25) is 0 Å². The van der Waals surface area contributed by atoms with Gasteiger partial charge in [-0.1, -0.05) is 18.2 Å². The Morgan fingerprint density at radius 2 is 1.44 bits per heavy atom. The molecule has 0 spiro atoms. The van der Waals surface area contributed by atoms with Crippen molar-refractivity contribution < 1.29 is 26.5 Å². The van der Waals surface area contributed by atoms with Crippen LogP contribution in [0.1, 0.15) is 38.8 Å². The van der Waals surface area contributed by atoms with E-state index in [-0.39, 0.29) is 11.5 Å². The lowest BCUT2D eigenvalue weighted by Crippen LogP contribution is -2.21. The van der Waals surface area contributed by atoms with Crippen LogP contribution in [0.5, 0.6) is 11.5 Å². The van der Waals surface area contributed by atoms with Crippen LogP contribution in [0.3, 0.4) is 0 Å². The van der Waals surface area contributed by atoms with Crippen molar-refractivity contribution in [2.45, 2.75) is 27.7 Å². The van der Waals surface area contributed by atoms with E-state index in [0.29, 0.717) is 5.56 Å². The average Bonchev–Trinajstić information content (AvgIpc) is 2.87. The molecule has 0 aromatic heterocycles. The van der Waals surface area contributed by atoms with Gasteiger partial charge in [0.1, 0.15) is 13.1 Å². The largest absolute Gasteiger partial charge is 0.716 e. The standard InChI is InChI=1S/C28H34N2O5S/c1-6-29(7-2)24-15-10-21(11-16-24)28(22-12-17-25(18-13-22)30(8-3)9-4)23-14-19-26(34-5)27(20-23)35-36(31,32)33/h10-20H,6-9H2,1-5H3. The number of anilines is 1. The summed E-state index contributed by atoms with van der Waals surface area (Å²) in [5.41, 5.74) is 5.71. The first-order valence-corrected chi connectivity index (χ1v) is 13.5. The van der Waals surface area contributed by atoms with E-state index < -0.39 is 10.4 Å². The van der Waals surface area contributed by atoms with E-state index in [1.165, 1.54) is 13.2 Å². The van der Waals surface area contributed by atoms with Gasteiger partial charge in [0, 0.05) is 30.9 Å². The van der Waals surface area contributed by atoms with Crippen LogP contribution < -0.4 is 13.8 Å². The Labute approximate surface area is 214 Å². The SMILES string of the molecule is CCN(CC)c1ccc(C(=C2C=CC(=[N+](CC)CC)C=C2)c2ccc(OC)c(OS(=O)(=O)[O-])c2)cc1. The van der Waals surface area contributed by atoms with Crippen molar-refractivity contribution in [2.75, 3.05) is 38.2 Å². The number of hydrogen-bond acceptors (Lipinski definition) is 6. The first-order chi connectivity index (χ1) is 17.2. The lowest BCUT2D eigenvalue weighted by molar-refractivity contribution is -0.519. The van der Waals surface area contributed by atoms with Gasteiger partial charge >= 0.3 is 0 Å². The Morgan fingerprint density at radius 3 is 1.94 bits per heavy atom. The molecule has 7 nitrogen and oxygen atoms in total. The molecule has 0 atom stereocenters. The van der Waals surface area contributed by atoms with Crippen LogP contribution in [0, 0.1) is 0 Å². The van der Waals surface area contributed by atoms with Crippen LogP contribution in [-0.4, -0.2) is 56.5 Å². The summed E-state index contributed by atoms with van der Waals surface area (Å²) in [5.74, 6) is 0.00769. The van der Waals surface area contributed by atoms with Crippen molar-refractivity contribution in [3.05, 3.63) is 83.5 Å². The number of nitrogens with zero attached hydrogens (tertiary/aromatic N) is 2. The summed E-state index contributed by atoms with van der Waals surface area (Å²) >= 11 is 0. The number of rotatable bonds is 10. The van der Waals surface area contributed by atoms with Crippen LogP contribution >= 0.6 is 0 Å². The van der Waals surface area contributed by atoms with E-state index in [1.54, 1.807) is 6.07 Å². The van der Waals surface area contributed by atoms with E-state index >= 15 is 0 Å². The Morgan fingerprint density at radius 1 is 0.861 bits per heavy atom. The number of ether oxygens (including phenoxy) is 1. The number of benzene rings is 2. The normalized spacial score (nSPS) is 13.1. The third-order valence-electron chi connectivity index (χ3n) is 6.21. The highest BCUT2D eigenvalue weighted by Gasteiger charge is 2.17. The second-order valence-corrected chi connectivity index (χ2v) is 9.15. The summed E-state index contributed by atoms with van der Waals surface area (Å²) in [7, 11) is -3.58. The van der Waals surface area contributed by atoms with E-state index in [1.807, 2.05) is 6.07 Å². The molecule has 1 aliphatic carbocycles.